The van der Waals surface area contributed by atoms with Crippen LogP contribution in [0, 0.1) is 0 Å². The van der Waals surface area contributed by atoms with Crippen LogP contribution in [0.2, 0.25) is 0 Å². The van der Waals surface area contributed by atoms with Crippen LogP contribution in [0.3, 0.4) is 0 Å². The Hall–Kier alpha value is -3.69. The molecule has 4 heterocycles. The summed E-state index contributed by atoms with van der Waals surface area (Å²) in [5.41, 5.74) is 11.2. The molecule has 4 N–H and O–H groups in total. The number of thiophene rings is 1. The van der Waals surface area contributed by atoms with Crippen molar-refractivity contribution in [2.45, 2.75) is 18.8 Å². The maximum Gasteiger partial charge on any atom is 0.265 e. The van der Waals surface area contributed by atoms with Gasteiger partial charge in [-0.1, -0.05) is 18.2 Å². The first-order valence-corrected chi connectivity index (χ1v) is 12.3. The van der Waals surface area contributed by atoms with E-state index in [1.54, 1.807) is 18.2 Å². The molecule has 1 saturated carbocycles. The van der Waals surface area contributed by atoms with Crippen LogP contribution in [-0.2, 0) is 0 Å². The van der Waals surface area contributed by atoms with Gasteiger partial charge in [0.2, 0.25) is 0 Å². The zero-order valence-electron chi connectivity index (χ0n) is 17.5. The first-order valence-electron chi connectivity index (χ1n) is 10.6. The third-order valence-electron chi connectivity index (χ3n) is 5.61. The molecule has 1 aliphatic carbocycles. The Morgan fingerprint density at radius 3 is 2.85 bits per heavy atom. The van der Waals surface area contributed by atoms with E-state index in [1.165, 1.54) is 41.1 Å². The van der Waals surface area contributed by atoms with Crippen LogP contribution in [-0.4, -0.2) is 20.3 Å². The molecule has 0 spiro atoms. The van der Waals surface area contributed by atoms with Crippen LogP contribution in [0.1, 0.15) is 34.0 Å². The van der Waals surface area contributed by atoms with Crippen LogP contribution in [0.15, 0.2) is 66.3 Å². The predicted molar refractivity (Wildman–Crippen MR) is 135 cm³/mol. The molecule has 1 amide bonds. The number of nitrogen functional groups attached to an aromatic ring is 1. The number of hydrogen-bond donors (Lipinski definition) is 3. The molecule has 0 radical (unpaired) electrons. The fraction of sp³-hybridized carbons (Fsp3) is 0.125. The Bertz CT molecular complexity index is 1480. The molecule has 0 unspecified atom stereocenters. The molecule has 0 aliphatic heterocycles. The van der Waals surface area contributed by atoms with Crippen molar-refractivity contribution < 1.29 is 4.79 Å². The standard InChI is InChI=1S/C24H20N6OS2/c25-16-3-1-2-4-17(16)27-23(31)20-8-10-22(33-20)29-24-28-18(13-32-24)19-11-26-21-9-7-15(12-30(19)21)14-5-6-14/h1-4,7-14H,5-6,25H2,(H,27,31)(H,28,29). The van der Waals surface area contributed by atoms with Crippen molar-refractivity contribution in [1.29, 1.82) is 0 Å². The molecule has 7 nitrogen and oxygen atoms in total. The molecule has 0 saturated heterocycles. The highest BCUT2D eigenvalue weighted by Crippen LogP contribution is 2.40. The normalized spacial score (nSPS) is 13.3. The Balaban J connectivity index is 1.19. The molecule has 0 atom stereocenters. The van der Waals surface area contributed by atoms with Crippen molar-refractivity contribution in [2.75, 3.05) is 16.4 Å². The van der Waals surface area contributed by atoms with E-state index in [0.29, 0.717) is 22.2 Å². The summed E-state index contributed by atoms with van der Waals surface area (Å²) in [5, 5.41) is 9.80. The molecule has 33 heavy (non-hydrogen) atoms. The summed E-state index contributed by atoms with van der Waals surface area (Å²) in [4.78, 5) is 22.5. The molecule has 4 aromatic heterocycles. The molecule has 1 aromatic carbocycles. The Morgan fingerprint density at radius 1 is 1.12 bits per heavy atom. The van der Waals surface area contributed by atoms with E-state index < -0.39 is 0 Å². The van der Waals surface area contributed by atoms with Gasteiger partial charge in [0.05, 0.1) is 33.1 Å². The average Bonchev–Trinajstić information content (AvgIpc) is 3.19. The zero-order chi connectivity index (χ0) is 22.4. The summed E-state index contributed by atoms with van der Waals surface area (Å²) in [6, 6.07) is 15.1. The number of amides is 1. The fourth-order valence-corrected chi connectivity index (χ4v) is 5.30. The first kappa shape index (κ1) is 20.0. The summed E-state index contributed by atoms with van der Waals surface area (Å²) in [7, 11) is 0. The number of nitrogens with two attached hydrogens (primary N) is 1. The molecule has 5 aromatic rings. The summed E-state index contributed by atoms with van der Waals surface area (Å²) >= 11 is 2.89. The zero-order valence-corrected chi connectivity index (χ0v) is 19.1. The van der Waals surface area contributed by atoms with Crippen LogP contribution in [0.4, 0.5) is 21.5 Å². The molecular weight excluding hydrogens is 452 g/mol. The number of imidazole rings is 1. The minimum Gasteiger partial charge on any atom is -0.397 e. The van der Waals surface area contributed by atoms with Crippen molar-refractivity contribution in [3.63, 3.8) is 0 Å². The van der Waals surface area contributed by atoms with E-state index in [1.807, 2.05) is 29.8 Å². The second kappa shape index (κ2) is 8.02. The van der Waals surface area contributed by atoms with Crippen molar-refractivity contribution >= 4 is 55.7 Å². The SMILES string of the molecule is Nc1ccccc1NC(=O)c1ccc(Nc2nc(-c3cnc4ccc(C5CC5)cn34)cs2)s1. The van der Waals surface area contributed by atoms with Gasteiger partial charge in [0.25, 0.3) is 5.91 Å². The second-order valence-corrected chi connectivity index (χ2v) is 9.92. The monoisotopic (exact) mass is 472 g/mol. The van der Waals surface area contributed by atoms with E-state index >= 15 is 0 Å². The number of nitrogens with one attached hydrogen (secondary N) is 2. The van der Waals surface area contributed by atoms with Crippen LogP contribution >= 0.6 is 22.7 Å². The van der Waals surface area contributed by atoms with E-state index in [0.717, 1.165) is 27.2 Å². The number of pyridine rings is 1. The van der Waals surface area contributed by atoms with E-state index in [-0.39, 0.29) is 5.91 Å². The van der Waals surface area contributed by atoms with Crippen molar-refractivity contribution in [1.82, 2.24) is 14.4 Å². The van der Waals surface area contributed by atoms with E-state index in [2.05, 4.69) is 38.3 Å². The van der Waals surface area contributed by atoms with Gasteiger partial charge in [0.1, 0.15) is 11.3 Å². The van der Waals surface area contributed by atoms with Gasteiger partial charge in [-0.05, 0) is 54.7 Å². The molecule has 0 bridgehead atoms. The van der Waals surface area contributed by atoms with Gasteiger partial charge in [-0.15, -0.1) is 22.7 Å². The molecular formula is C24H20N6OS2. The summed E-state index contributed by atoms with van der Waals surface area (Å²) in [6.45, 7) is 0. The lowest BCUT2D eigenvalue weighted by Gasteiger charge is -2.06. The van der Waals surface area contributed by atoms with Gasteiger partial charge in [-0.2, -0.15) is 0 Å². The quantitative estimate of drug-likeness (QED) is 0.264. The van der Waals surface area contributed by atoms with Gasteiger partial charge >= 0.3 is 0 Å². The van der Waals surface area contributed by atoms with Gasteiger partial charge in [-0.25, -0.2) is 9.97 Å². The van der Waals surface area contributed by atoms with Crippen molar-refractivity contribution in [3.8, 4) is 11.4 Å². The maximum atomic E-state index is 12.6. The van der Waals surface area contributed by atoms with Gasteiger partial charge < -0.3 is 16.4 Å². The summed E-state index contributed by atoms with van der Waals surface area (Å²) in [6.07, 6.45) is 6.58. The molecule has 9 heteroatoms. The van der Waals surface area contributed by atoms with Crippen LogP contribution < -0.4 is 16.4 Å². The average molecular weight is 473 g/mol. The van der Waals surface area contributed by atoms with Crippen LogP contribution in [0.5, 0.6) is 0 Å². The predicted octanol–water partition coefficient (Wildman–Crippen LogP) is 5.97. The fourth-order valence-electron chi connectivity index (χ4n) is 3.72. The highest BCUT2D eigenvalue weighted by Gasteiger charge is 2.24. The minimum absolute atomic E-state index is 0.192. The number of para-hydroxylation sites is 2. The van der Waals surface area contributed by atoms with E-state index in [9.17, 15) is 4.79 Å². The Kier molecular flexibility index (Phi) is 4.85. The molecule has 164 valence electrons. The lowest BCUT2D eigenvalue weighted by Crippen LogP contribution is -2.11. The van der Waals surface area contributed by atoms with Crippen molar-refractivity contribution in [2.24, 2.45) is 0 Å². The molecule has 1 aliphatic rings. The number of aromatic nitrogens is 3. The third kappa shape index (κ3) is 3.96. The van der Waals surface area contributed by atoms with Crippen LogP contribution in [0.25, 0.3) is 17.0 Å². The Morgan fingerprint density at radius 2 is 2.00 bits per heavy atom. The van der Waals surface area contributed by atoms with Gasteiger partial charge in [-0.3, -0.25) is 9.20 Å². The van der Waals surface area contributed by atoms with Gasteiger partial charge in [0.15, 0.2) is 5.13 Å². The number of fused-ring (bicyclic) bond motifs is 1. The number of carbonyl (C=O) groups is 1. The number of benzene rings is 1. The number of rotatable bonds is 6. The smallest absolute Gasteiger partial charge is 0.265 e. The largest absolute Gasteiger partial charge is 0.397 e. The first-order chi connectivity index (χ1) is 16.1. The molecule has 6 rings (SSSR count). The number of nitrogens with zero attached hydrogens (tertiary/aromatic N) is 3. The number of hydrogen-bond acceptors (Lipinski definition) is 7. The second-order valence-electron chi connectivity index (χ2n) is 7.98. The lowest BCUT2D eigenvalue weighted by atomic mass is 10.2. The van der Waals surface area contributed by atoms with Gasteiger partial charge in [0, 0.05) is 11.6 Å². The summed E-state index contributed by atoms with van der Waals surface area (Å²) < 4.78 is 2.12. The maximum absolute atomic E-state index is 12.6. The topological polar surface area (TPSA) is 97.3 Å². The van der Waals surface area contributed by atoms with Crippen molar-refractivity contribution in [3.05, 3.63) is 76.7 Å². The highest BCUT2D eigenvalue weighted by atomic mass is 32.1. The number of carbonyl (C=O) groups excluding carboxylic acids is 1. The lowest BCUT2D eigenvalue weighted by molar-refractivity contribution is 0.103. The third-order valence-corrected chi connectivity index (χ3v) is 7.37. The minimum atomic E-state index is -0.192. The number of anilines is 4. The summed E-state index contributed by atoms with van der Waals surface area (Å²) in [5.74, 6) is 0.490. The Labute approximate surface area is 197 Å². The molecule has 1 fully saturated rings. The highest BCUT2D eigenvalue weighted by molar-refractivity contribution is 7.19. The number of thiazole rings is 1. The van der Waals surface area contributed by atoms with E-state index in [4.69, 9.17) is 10.7 Å².